The third-order valence-electron chi connectivity index (χ3n) is 4.34. The third kappa shape index (κ3) is 3.65. The summed E-state index contributed by atoms with van der Waals surface area (Å²) in [5.74, 6) is -0.424. The van der Waals surface area contributed by atoms with Gasteiger partial charge in [0, 0.05) is 6.54 Å². The number of thioether (sulfide) groups is 1. The standard InChI is InChI=1S/C20H20N2O3S/c1-26-12-11-17(18(23)21-13-14-7-3-2-4-8-14)22-19(24)15-9-5-6-10-16(15)20(22)25/h2-10,17H,11-13H2,1H3,(H,21,23). The fraction of sp³-hybridized carbons (Fsp3) is 0.250. The Kier molecular flexibility index (Phi) is 5.73. The van der Waals surface area contributed by atoms with Crippen molar-refractivity contribution in [3.8, 4) is 0 Å². The summed E-state index contributed by atoms with van der Waals surface area (Å²) in [6.07, 6.45) is 2.36. The highest BCUT2D eigenvalue weighted by atomic mass is 32.2. The lowest BCUT2D eigenvalue weighted by molar-refractivity contribution is -0.125. The number of imide groups is 1. The molecule has 0 bridgehead atoms. The van der Waals surface area contributed by atoms with Crippen molar-refractivity contribution in [3.63, 3.8) is 0 Å². The van der Waals surface area contributed by atoms with E-state index in [0.29, 0.717) is 29.8 Å². The molecule has 1 aliphatic rings. The summed E-state index contributed by atoms with van der Waals surface area (Å²) in [4.78, 5) is 39.3. The maximum atomic E-state index is 12.8. The normalized spacial score (nSPS) is 14.3. The Morgan fingerprint density at radius 3 is 2.15 bits per heavy atom. The molecule has 1 aliphatic heterocycles. The van der Waals surface area contributed by atoms with Crippen LogP contribution in [0.15, 0.2) is 54.6 Å². The molecule has 1 N–H and O–H groups in total. The average Bonchev–Trinajstić information content (AvgIpc) is 2.93. The van der Waals surface area contributed by atoms with Gasteiger partial charge in [0.15, 0.2) is 0 Å². The molecule has 1 atom stereocenters. The molecule has 0 saturated carbocycles. The van der Waals surface area contributed by atoms with Gasteiger partial charge in [-0.2, -0.15) is 11.8 Å². The number of nitrogens with zero attached hydrogens (tertiary/aromatic N) is 1. The molecule has 0 aromatic heterocycles. The molecule has 0 spiro atoms. The minimum absolute atomic E-state index is 0.308. The van der Waals surface area contributed by atoms with Crippen LogP contribution in [0.25, 0.3) is 0 Å². The number of hydrogen-bond donors (Lipinski definition) is 1. The molecular weight excluding hydrogens is 348 g/mol. The zero-order valence-corrected chi connectivity index (χ0v) is 15.3. The lowest BCUT2D eigenvalue weighted by atomic mass is 10.1. The fourth-order valence-electron chi connectivity index (χ4n) is 3.00. The smallest absolute Gasteiger partial charge is 0.262 e. The number of nitrogens with one attached hydrogen (secondary N) is 1. The molecule has 6 heteroatoms. The van der Waals surface area contributed by atoms with Crippen LogP contribution >= 0.6 is 11.8 Å². The number of amides is 3. The summed E-state index contributed by atoms with van der Waals surface area (Å²) in [5, 5.41) is 2.86. The van der Waals surface area contributed by atoms with Gasteiger partial charge >= 0.3 is 0 Å². The highest BCUT2D eigenvalue weighted by Gasteiger charge is 2.42. The fourth-order valence-corrected chi connectivity index (χ4v) is 3.46. The van der Waals surface area contributed by atoms with E-state index in [1.165, 1.54) is 0 Å². The number of benzene rings is 2. The largest absolute Gasteiger partial charge is 0.350 e. The van der Waals surface area contributed by atoms with Gasteiger partial charge in [0.1, 0.15) is 6.04 Å². The van der Waals surface area contributed by atoms with Crippen LogP contribution in [-0.2, 0) is 11.3 Å². The van der Waals surface area contributed by atoms with Gasteiger partial charge in [0.05, 0.1) is 11.1 Å². The summed E-state index contributed by atoms with van der Waals surface area (Å²) >= 11 is 1.58. The van der Waals surface area contributed by atoms with Crippen molar-refractivity contribution in [1.29, 1.82) is 0 Å². The molecule has 1 heterocycles. The summed E-state index contributed by atoms with van der Waals surface area (Å²) < 4.78 is 0. The van der Waals surface area contributed by atoms with Crippen molar-refractivity contribution in [1.82, 2.24) is 10.2 Å². The van der Waals surface area contributed by atoms with E-state index >= 15 is 0 Å². The molecule has 2 aromatic carbocycles. The lowest BCUT2D eigenvalue weighted by Gasteiger charge is -2.25. The second-order valence-corrected chi connectivity index (χ2v) is 7.01. The van der Waals surface area contributed by atoms with Crippen molar-refractivity contribution >= 4 is 29.5 Å². The Morgan fingerprint density at radius 2 is 1.58 bits per heavy atom. The van der Waals surface area contributed by atoms with Crippen LogP contribution < -0.4 is 5.32 Å². The Balaban J connectivity index is 1.79. The predicted molar refractivity (Wildman–Crippen MR) is 102 cm³/mol. The van der Waals surface area contributed by atoms with Gasteiger partial charge in [-0.1, -0.05) is 42.5 Å². The van der Waals surface area contributed by atoms with Crippen LogP contribution in [0.2, 0.25) is 0 Å². The molecule has 0 radical (unpaired) electrons. The molecule has 0 fully saturated rings. The topological polar surface area (TPSA) is 66.5 Å². The van der Waals surface area contributed by atoms with Crippen LogP contribution in [0.1, 0.15) is 32.7 Å². The van der Waals surface area contributed by atoms with Gasteiger partial charge < -0.3 is 5.32 Å². The molecule has 3 rings (SSSR count). The maximum Gasteiger partial charge on any atom is 0.262 e. The second-order valence-electron chi connectivity index (χ2n) is 6.03. The van der Waals surface area contributed by atoms with Crippen molar-refractivity contribution < 1.29 is 14.4 Å². The number of rotatable bonds is 7. The first kappa shape index (κ1) is 18.2. The highest BCUT2D eigenvalue weighted by molar-refractivity contribution is 7.98. The van der Waals surface area contributed by atoms with E-state index in [1.54, 1.807) is 36.0 Å². The van der Waals surface area contributed by atoms with Crippen LogP contribution in [0.4, 0.5) is 0 Å². The first-order chi connectivity index (χ1) is 12.6. The van der Waals surface area contributed by atoms with Crippen molar-refractivity contribution in [3.05, 3.63) is 71.3 Å². The third-order valence-corrected chi connectivity index (χ3v) is 4.99. The quantitative estimate of drug-likeness (QED) is 0.763. The highest BCUT2D eigenvalue weighted by Crippen LogP contribution is 2.26. The number of carbonyl (C=O) groups excluding carboxylic acids is 3. The van der Waals surface area contributed by atoms with Crippen LogP contribution in [0.5, 0.6) is 0 Å². The predicted octanol–water partition coefficient (Wildman–Crippen LogP) is 2.72. The molecule has 3 amide bonds. The Bertz CT molecular complexity index is 788. The zero-order valence-electron chi connectivity index (χ0n) is 14.5. The minimum atomic E-state index is -0.807. The first-order valence-electron chi connectivity index (χ1n) is 8.41. The summed E-state index contributed by atoms with van der Waals surface area (Å²) in [5.41, 5.74) is 1.69. The van der Waals surface area contributed by atoms with Gasteiger partial charge in [0.25, 0.3) is 11.8 Å². The van der Waals surface area contributed by atoms with E-state index in [0.717, 1.165) is 10.5 Å². The minimum Gasteiger partial charge on any atom is -0.350 e. The summed E-state index contributed by atoms with van der Waals surface area (Å²) in [6, 6.07) is 15.4. The van der Waals surface area contributed by atoms with E-state index in [1.807, 2.05) is 36.6 Å². The SMILES string of the molecule is CSCCC(C(=O)NCc1ccccc1)N1C(=O)c2ccccc2C1=O. The van der Waals surface area contributed by atoms with E-state index < -0.39 is 17.9 Å². The molecule has 5 nitrogen and oxygen atoms in total. The van der Waals surface area contributed by atoms with E-state index in [2.05, 4.69) is 5.32 Å². The van der Waals surface area contributed by atoms with Gasteiger partial charge in [-0.3, -0.25) is 19.3 Å². The molecule has 0 aliphatic carbocycles. The number of hydrogen-bond acceptors (Lipinski definition) is 4. The Hall–Kier alpha value is -2.60. The van der Waals surface area contributed by atoms with Crippen molar-refractivity contribution in [2.24, 2.45) is 0 Å². The number of fused-ring (bicyclic) bond motifs is 1. The monoisotopic (exact) mass is 368 g/mol. The number of carbonyl (C=O) groups is 3. The molecule has 2 aromatic rings. The van der Waals surface area contributed by atoms with Crippen molar-refractivity contribution in [2.45, 2.75) is 19.0 Å². The zero-order chi connectivity index (χ0) is 18.5. The van der Waals surface area contributed by atoms with Gasteiger partial charge in [-0.15, -0.1) is 0 Å². The molecule has 134 valence electrons. The van der Waals surface area contributed by atoms with Crippen LogP contribution in [-0.4, -0.2) is 40.7 Å². The van der Waals surface area contributed by atoms with Gasteiger partial charge in [0.2, 0.25) is 5.91 Å². The van der Waals surface area contributed by atoms with Crippen LogP contribution in [0.3, 0.4) is 0 Å². The summed E-state index contributed by atoms with van der Waals surface area (Å²) in [7, 11) is 0. The Labute approximate surface area is 156 Å². The molecule has 26 heavy (non-hydrogen) atoms. The summed E-state index contributed by atoms with van der Waals surface area (Å²) in [6.45, 7) is 0.360. The molecular formula is C20H20N2O3S. The first-order valence-corrected chi connectivity index (χ1v) is 9.80. The maximum absolute atomic E-state index is 12.8. The van der Waals surface area contributed by atoms with E-state index in [-0.39, 0.29) is 5.91 Å². The lowest BCUT2D eigenvalue weighted by Crippen LogP contribution is -2.49. The Morgan fingerprint density at radius 1 is 1.00 bits per heavy atom. The van der Waals surface area contributed by atoms with Crippen LogP contribution in [0, 0.1) is 0 Å². The average molecular weight is 368 g/mol. The second kappa shape index (κ2) is 8.19. The molecule has 1 unspecified atom stereocenters. The van der Waals surface area contributed by atoms with E-state index in [9.17, 15) is 14.4 Å². The molecule has 0 saturated heterocycles. The van der Waals surface area contributed by atoms with E-state index in [4.69, 9.17) is 0 Å². The van der Waals surface area contributed by atoms with Gasteiger partial charge in [-0.05, 0) is 36.1 Å². The van der Waals surface area contributed by atoms with Crippen molar-refractivity contribution in [2.75, 3.05) is 12.0 Å². The van der Waals surface area contributed by atoms with Gasteiger partial charge in [-0.25, -0.2) is 0 Å².